The molecule has 174 valence electrons. The minimum Gasteiger partial charge on any atom is -0.444 e. The van der Waals surface area contributed by atoms with Crippen molar-refractivity contribution in [3.63, 3.8) is 0 Å². The number of carbonyl (C=O) groups excluding carboxylic acids is 1. The van der Waals surface area contributed by atoms with Crippen LogP contribution in [0.4, 0.5) is 10.5 Å². The van der Waals surface area contributed by atoms with E-state index in [0.717, 1.165) is 33.1 Å². The number of rotatable bonds is 3. The first-order chi connectivity index (χ1) is 16.9. The van der Waals surface area contributed by atoms with E-state index in [-0.39, 0.29) is 17.0 Å². The summed E-state index contributed by atoms with van der Waals surface area (Å²) in [5.74, 6) is -0.722. The van der Waals surface area contributed by atoms with Crippen LogP contribution in [-0.4, -0.2) is 26.7 Å². The van der Waals surface area contributed by atoms with Crippen LogP contribution in [0.2, 0.25) is 0 Å². The van der Waals surface area contributed by atoms with Crippen LogP contribution >= 0.6 is 27.7 Å². The summed E-state index contributed by atoms with van der Waals surface area (Å²) < 4.78 is 7.43. The SMILES string of the molecule is O=C1NC2(Oc3ccc(Br)cc3C3CC(c4ccccc4)=NN32)/C(=C\c2cccc([N+](=O)[O-])c2)S1. The maximum atomic E-state index is 12.7. The highest BCUT2D eigenvalue weighted by Gasteiger charge is 2.58. The zero-order valence-corrected chi connectivity index (χ0v) is 20.5. The van der Waals surface area contributed by atoms with Crippen molar-refractivity contribution in [2.24, 2.45) is 5.10 Å². The molecule has 2 unspecified atom stereocenters. The van der Waals surface area contributed by atoms with Gasteiger partial charge in [-0.15, -0.1) is 0 Å². The Hall–Kier alpha value is -3.63. The van der Waals surface area contributed by atoms with E-state index < -0.39 is 10.8 Å². The molecule has 3 heterocycles. The fourth-order valence-electron chi connectivity index (χ4n) is 4.57. The summed E-state index contributed by atoms with van der Waals surface area (Å²) >= 11 is 4.55. The minimum atomic E-state index is -1.37. The van der Waals surface area contributed by atoms with Gasteiger partial charge in [0.2, 0.25) is 0 Å². The lowest BCUT2D eigenvalue weighted by Crippen LogP contribution is -2.61. The van der Waals surface area contributed by atoms with E-state index in [1.54, 1.807) is 18.2 Å². The molecule has 0 aromatic heterocycles. The molecule has 1 spiro atoms. The molecule has 1 amide bonds. The molecule has 2 atom stereocenters. The Morgan fingerprint density at radius 1 is 1.17 bits per heavy atom. The Bertz CT molecular complexity index is 1440. The highest BCUT2D eigenvalue weighted by molar-refractivity contribution is 9.10. The van der Waals surface area contributed by atoms with Gasteiger partial charge in [0.25, 0.3) is 10.9 Å². The van der Waals surface area contributed by atoms with Crippen LogP contribution in [-0.2, 0) is 0 Å². The Morgan fingerprint density at radius 2 is 2.00 bits per heavy atom. The topological polar surface area (TPSA) is 97.1 Å². The van der Waals surface area contributed by atoms with E-state index in [1.165, 1.54) is 12.1 Å². The first-order valence-electron chi connectivity index (χ1n) is 10.8. The van der Waals surface area contributed by atoms with Gasteiger partial charge in [-0.05, 0) is 47.2 Å². The van der Waals surface area contributed by atoms with E-state index in [9.17, 15) is 14.9 Å². The first-order valence-corrected chi connectivity index (χ1v) is 12.4. The number of benzene rings is 3. The predicted octanol–water partition coefficient (Wildman–Crippen LogP) is 6.05. The van der Waals surface area contributed by atoms with Gasteiger partial charge >= 0.3 is 5.85 Å². The van der Waals surface area contributed by atoms with Crippen molar-refractivity contribution in [3.8, 4) is 5.75 Å². The van der Waals surface area contributed by atoms with Gasteiger partial charge in [0.1, 0.15) is 5.75 Å². The number of non-ortho nitro benzene ring substituents is 1. The maximum absolute atomic E-state index is 12.7. The lowest BCUT2D eigenvalue weighted by Gasteiger charge is -2.45. The van der Waals surface area contributed by atoms with E-state index in [2.05, 4.69) is 21.2 Å². The number of nitro benzene ring substituents is 1. The summed E-state index contributed by atoms with van der Waals surface area (Å²) in [6.07, 6.45) is 2.37. The molecule has 3 aromatic rings. The van der Waals surface area contributed by atoms with Crippen molar-refractivity contribution < 1.29 is 14.5 Å². The van der Waals surface area contributed by atoms with E-state index in [1.807, 2.05) is 53.5 Å². The van der Waals surface area contributed by atoms with Crippen molar-refractivity contribution in [2.45, 2.75) is 18.3 Å². The van der Waals surface area contributed by atoms with Gasteiger partial charge in [0.15, 0.2) is 0 Å². The zero-order valence-electron chi connectivity index (χ0n) is 18.1. The number of thioether (sulfide) groups is 1. The average molecular weight is 549 g/mol. The number of nitro groups is 1. The standard InChI is InChI=1S/C25H17BrN4O4S/c26-17-9-10-22-19(13-17)21-14-20(16-6-2-1-3-7-16)28-29(21)25(34-22)23(35-24(31)27-25)12-15-5-4-8-18(11-15)30(32)33/h1-13,21H,14H2,(H,27,31)/b23-12+. The van der Waals surface area contributed by atoms with E-state index in [0.29, 0.717) is 22.6 Å². The number of fused-ring (bicyclic) bond motifs is 4. The summed E-state index contributed by atoms with van der Waals surface area (Å²) in [6, 6.07) is 21.8. The monoisotopic (exact) mass is 548 g/mol. The number of nitrogens with zero attached hydrogens (tertiary/aromatic N) is 3. The summed E-state index contributed by atoms with van der Waals surface area (Å²) in [5.41, 5.74) is 3.40. The number of hydrazone groups is 1. The fourth-order valence-corrected chi connectivity index (χ4v) is 5.86. The van der Waals surface area contributed by atoms with E-state index in [4.69, 9.17) is 9.84 Å². The molecule has 10 heteroatoms. The van der Waals surface area contributed by atoms with Crippen molar-refractivity contribution in [1.82, 2.24) is 10.3 Å². The third-order valence-electron chi connectivity index (χ3n) is 6.12. The van der Waals surface area contributed by atoms with Gasteiger partial charge in [-0.2, -0.15) is 5.10 Å². The van der Waals surface area contributed by atoms with Gasteiger partial charge in [-0.1, -0.05) is 58.4 Å². The number of ether oxygens (including phenoxy) is 1. The third kappa shape index (κ3) is 3.69. The second kappa shape index (κ2) is 8.24. The van der Waals surface area contributed by atoms with Crippen LogP contribution in [0.5, 0.6) is 5.75 Å². The van der Waals surface area contributed by atoms with Gasteiger partial charge in [0, 0.05) is 28.6 Å². The molecule has 0 radical (unpaired) electrons. The highest BCUT2D eigenvalue weighted by atomic mass is 79.9. The molecule has 1 N–H and O–H groups in total. The number of hydrogen-bond acceptors (Lipinski definition) is 7. The summed E-state index contributed by atoms with van der Waals surface area (Å²) in [5, 5.41) is 20.7. The molecule has 8 nitrogen and oxygen atoms in total. The van der Waals surface area contributed by atoms with Crippen LogP contribution in [0.3, 0.4) is 0 Å². The molecule has 1 saturated heterocycles. The van der Waals surface area contributed by atoms with Crippen LogP contribution < -0.4 is 10.1 Å². The van der Waals surface area contributed by atoms with Gasteiger partial charge in [-0.25, -0.2) is 5.01 Å². The number of carbonyl (C=O) groups is 1. The Morgan fingerprint density at radius 3 is 2.80 bits per heavy atom. The molecular weight excluding hydrogens is 532 g/mol. The summed E-state index contributed by atoms with van der Waals surface area (Å²) in [7, 11) is 0. The zero-order chi connectivity index (χ0) is 24.2. The fraction of sp³-hybridized carbons (Fsp3) is 0.120. The number of nitrogens with one attached hydrogen (secondary N) is 1. The molecule has 1 fully saturated rings. The van der Waals surface area contributed by atoms with Crippen molar-refractivity contribution >= 4 is 50.4 Å². The molecule has 0 saturated carbocycles. The molecule has 3 aliphatic rings. The normalized spacial score (nSPS) is 23.5. The Labute approximate surface area is 212 Å². The van der Waals surface area contributed by atoms with Crippen molar-refractivity contribution in [2.75, 3.05) is 0 Å². The Kier molecular flexibility index (Phi) is 5.15. The van der Waals surface area contributed by atoms with Gasteiger partial charge in [0.05, 0.1) is 21.6 Å². The molecular formula is C25H17BrN4O4S. The predicted molar refractivity (Wildman–Crippen MR) is 137 cm³/mol. The van der Waals surface area contributed by atoms with Crippen LogP contribution in [0, 0.1) is 10.1 Å². The molecule has 0 aliphatic carbocycles. The van der Waals surface area contributed by atoms with E-state index >= 15 is 0 Å². The second-order valence-electron chi connectivity index (χ2n) is 8.28. The summed E-state index contributed by atoms with van der Waals surface area (Å²) in [6.45, 7) is 0. The number of amides is 1. The molecule has 35 heavy (non-hydrogen) atoms. The smallest absolute Gasteiger partial charge is 0.314 e. The minimum absolute atomic E-state index is 0.0288. The van der Waals surface area contributed by atoms with Gasteiger partial charge in [-0.3, -0.25) is 20.2 Å². The van der Waals surface area contributed by atoms with Crippen LogP contribution in [0.15, 0.2) is 87.3 Å². The van der Waals surface area contributed by atoms with Crippen molar-refractivity contribution in [3.05, 3.63) is 109 Å². The lowest BCUT2D eigenvalue weighted by molar-refractivity contribution is -0.384. The largest absolute Gasteiger partial charge is 0.444 e. The molecule has 3 aromatic carbocycles. The quantitative estimate of drug-likeness (QED) is 0.316. The third-order valence-corrected chi connectivity index (χ3v) is 7.51. The average Bonchev–Trinajstić information content (AvgIpc) is 3.43. The molecule has 6 rings (SSSR count). The summed E-state index contributed by atoms with van der Waals surface area (Å²) in [4.78, 5) is 24.1. The van der Waals surface area contributed by atoms with Crippen molar-refractivity contribution in [1.29, 1.82) is 0 Å². The second-order valence-corrected chi connectivity index (χ2v) is 10.2. The van der Waals surface area contributed by atoms with Crippen LogP contribution in [0.1, 0.15) is 29.2 Å². The van der Waals surface area contributed by atoms with Gasteiger partial charge < -0.3 is 4.74 Å². The lowest BCUT2D eigenvalue weighted by atomic mass is 9.95. The molecule has 0 bridgehead atoms. The number of halogens is 1. The molecule has 3 aliphatic heterocycles. The first kappa shape index (κ1) is 21.9. The van der Waals surface area contributed by atoms with Crippen LogP contribution in [0.25, 0.3) is 6.08 Å². The maximum Gasteiger partial charge on any atom is 0.314 e. The Balaban J connectivity index is 1.51. The number of hydrogen-bond donors (Lipinski definition) is 1. The highest BCUT2D eigenvalue weighted by Crippen LogP contribution is 2.53.